The van der Waals surface area contributed by atoms with Crippen molar-refractivity contribution in [2.45, 2.75) is 0 Å². The van der Waals surface area contributed by atoms with Gasteiger partial charge in [0.05, 0.1) is 0 Å². The van der Waals surface area contributed by atoms with Crippen molar-refractivity contribution in [3.05, 3.63) is 35.0 Å². The van der Waals surface area contributed by atoms with Crippen LogP contribution in [0.4, 0.5) is 0 Å². The summed E-state index contributed by atoms with van der Waals surface area (Å²) < 4.78 is 0. The van der Waals surface area contributed by atoms with Crippen molar-refractivity contribution in [2.24, 2.45) is 0 Å². The fourth-order valence-corrected chi connectivity index (χ4v) is 1.88. The highest BCUT2D eigenvalue weighted by molar-refractivity contribution is 6.31. The van der Waals surface area contributed by atoms with Crippen LogP contribution >= 0.6 is 11.6 Å². The number of aliphatic carboxylic acids is 1. The van der Waals surface area contributed by atoms with Crippen LogP contribution in [0, 0.1) is 0 Å². The molecule has 1 aromatic heterocycles. The lowest BCUT2D eigenvalue weighted by Gasteiger charge is -2.12. The van der Waals surface area contributed by atoms with Crippen molar-refractivity contribution < 1.29 is 14.7 Å². The predicted molar refractivity (Wildman–Crippen MR) is 67.9 cm³/mol. The number of carboxylic acid groups (broad SMARTS) is 1. The smallest absolute Gasteiger partial charge is 0.323 e. The van der Waals surface area contributed by atoms with Gasteiger partial charge in [-0.25, -0.2) is 0 Å². The standard InChI is InChI=1S/C12H11ClN2O3/c1-15(6-11(16)17)12(18)10-5-7-4-8(13)2-3-9(7)14-10/h2-5,14H,6H2,1H3,(H,16,17). The highest BCUT2D eigenvalue weighted by atomic mass is 35.5. The number of hydrogen-bond donors (Lipinski definition) is 2. The molecule has 1 aromatic carbocycles. The van der Waals surface area contributed by atoms with Crippen LogP contribution in [0.15, 0.2) is 24.3 Å². The number of amides is 1. The Morgan fingerprint density at radius 1 is 1.39 bits per heavy atom. The largest absolute Gasteiger partial charge is 0.480 e. The first-order valence-corrected chi connectivity index (χ1v) is 5.60. The molecule has 1 amide bonds. The Hall–Kier alpha value is -2.01. The maximum atomic E-state index is 11.9. The number of rotatable bonds is 3. The number of H-pyrrole nitrogens is 1. The van der Waals surface area contributed by atoms with Crippen LogP contribution in [0.2, 0.25) is 5.02 Å². The first-order valence-electron chi connectivity index (χ1n) is 5.23. The van der Waals surface area contributed by atoms with Gasteiger partial charge >= 0.3 is 5.97 Å². The zero-order valence-corrected chi connectivity index (χ0v) is 10.4. The molecule has 0 aliphatic rings. The summed E-state index contributed by atoms with van der Waals surface area (Å²) in [5.74, 6) is -1.42. The Balaban J connectivity index is 2.30. The van der Waals surface area contributed by atoms with E-state index in [1.54, 1.807) is 24.3 Å². The van der Waals surface area contributed by atoms with Gasteiger partial charge in [-0.05, 0) is 24.3 Å². The highest BCUT2D eigenvalue weighted by Crippen LogP contribution is 2.20. The number of halogens is 1. The number of carbonyl (C=O) groups is 2. The number of carboxylic acids is 1. The summed E-state index contributed by atoms with van der Waals surface area (Å²) >= 11 is 5.85. The lowest BCUT2D eigenvalue weighted by atomic mass is 10.2. The monoisotopic (exact) mass is 266 g/mol. The van der Waals surface area contributed by atoms with E-state index < -0.39 is 5.97 Å². The molecular weight excluding hydrogens is 256 g/mol. The molecule has 18 heavy (non-hydrogen) atoms. The molecule has 94 valence electrons. The number of hydrogen-bond acceptors (Lipinski definition) is 2. The number of benzene rings is 1. The third kappa shape index (κ3) is 2.46. The highest BCUT2D eigenvalue weighted by Gasteiger charge is 2.16. The van der Waals surface area contributed by atoms with Gasteiger partial charge in [0, 0.05) is 23.0 Å². The Labute approximate surface area is 108 Å². The Bertz CT molecular complexity index is 621. The normalized spacial score (nSPS) is 10.6. The summed E-state index contributed by atoms with van der Waals surface area (Å²) in [6, 6.07) is 6.88. The number of fused-ring (bicyclic) bond motifs is 1. The summed E-state index contributed by atoms with van der Waals surface area (Å²) in [5, 5.41) is 10.0. The Kier molecular flexibility index (Phi) is 3.25. The second-order valence-corrected chi connectivity index (χ2v) is 4.41. The number of carbonyl (C=O) groups excluding carboxylic acids is 1. The number of likely N-dealkylation sites (N-methyl/N-ethyl adjacent to an activating group) is 1. The van der Waals surface area contributed by atoms with E-state index in [-0.39, 0.29) is 12.5 Å². The van der Waals surface area contributed by atoms with Crippen LogP contribution in [0.25, 0.3) is 10.9 Å². The van der Waals surface area contributed by atoms with Crippen LogP contribution in [0.5, 0.6) is 0 Å². The van der Waals surface area contributed by atoms with Crippen molar-refractivity contribution in [3.8, 4) is 0 Å². The molecular formula is C12H11ClN2O3. The Morgan fingerprint density at radius 3 is 2.78 bits per heavy atom. The zero-order valence-electron chi connectivity index (χ0n) is 9.61. The maximum Gasteiger partial charge on any atom is 0.323 e. The van der Waals surface area contributed by atoms with Gasteiger partial charge in [-0.15, -0.1) is 0 Å². The quantitative estimate of drug-likeness (QED) is 0.892. The van der Waals surface area contributed by atoms with Crippen LogP contribution in [0.1, 0.15) is 10.5 Å². The third-order valence-corrected chi connectivity index (χ3v) is 2.77. The van der Waals surface area contributed by atoms with Gasteiger partial charge in [-0.1, -0.05) is 11.6 Å². The maximum absolute atomic E-state index is 11.9. The van der Waals surface area contributed by atoms with Gasteiger partial charge in [-0.3, -0.25) is 9.59 Å². The molecule has 0 radical (unpaired) electrons. The van der Waals surface area contributed by atoms with Gasteiger partial charge in [0.25, 0.3) is 5.91 Å². The van der Waals surface area contributed by atoms with Crippen molar-refractivity contribution in [3.63, 3.8) is 0 Å². The van der Waals surface area contributed by atoms with Gasteiger partial charge in [0.2, 0.25) is 0 Å². The first kappa shape index (κ1) is 12.4. The van der Waals surface area contributed by atoms with Gasteiger partial charge < -0.3 is 15.0 Å². The molecule has 2 rings (SSSR count). The van der Waals surface area contributed by atoms with E-state index in [2.05, 4.69) is 4.98 Å². The lowest BCUT2D eigenvalue weighted by molar-refractivity contribution is -0.137. The molecule has 0 aliphatic carbocycles. The van der Waals surface area contributed by atoms with E-state index in [4.69, 9.17) is 16.7 Å². The molecule has 5 nitrogen and oxygen atoms in total. The molecule has 0 aliphatic heterocycles. The number of nitrogens with one attached hydrogen (secondary N) is 1. The molecule has 0 saturated carbocycles. The van der Waals surface area contributed by atoms with E-state index in [1.807, 2.05) is 0 Å². The predicted octanol–water partition coefficient (Wildman–Crippen LogP) is 1.98. The minimum atomic E-state index is -1.05. The van der Waals surface area contributed by atoms with Crippen LogP contribution in [-0.4, -0.2) is 40.5 Å². The van der Waals surface area contributed by atoms with E-state index in [1.165, 1.54) is 7.05 Å². The van der Waals surface area contributed by atoms with E-state index in [9.17, 15) is 9.59 Å². The summed E-state index contributed by atoms with van der Waals surface area (Å²) in [5.41, 5.74) is 1.13. The minimum absolute atomic E-state index is 0.338. The van der Waals surface area contributed by atoms with Crippen LogP contribution < -0.4 is 0 Å². The number of aromatic nitrogens is 1. The summed E-state index contributed by atoms with van der Waals surface area (Å²) in [6.45, 7) is -0.338. The average Bonchev–Trinajstić information content (AvgIpc) is 2.69. The van der Waals surface area contributed by atoms with E-state index >= 15 is 0 Å². The summed E-state index contributed by atoms with van der Waals surface area (Å²) in [7, 11) is 1.44. The van der Waals surface area contributed by atoms with Crippen LogP contribution in [-0.2, 0) is 4.79 Å². The van der Waals surface area contributed by atoms with Crippen molar-refractivity contribution >= 4 is 34.4 Å². The lowest BCUT2D eigenvalue weighted by Crippen LogP contribution is -2.32. The molecule has 0 spiro atoms. The third-order valence-electron chi connectivity index (χ3n) is 2.53. The van der Waals surface area contributed by atoms with Crippen LogP contribution in [0.3, 0.4) is 0 Å². The summed E-state index contributed by atoms with van der Waals surface area (Å²) in [4.78, 5) is 26.5. The zero-order chi connectivity index (χ0) is 13.3. The Morgan fingerprint density at radius 2 is 2.11 bits per heavy atom. The molecule has 0 saturated heterocycles. The minimum Gasteiger partial charge on any atom is -0.480 e. The van der Waals surface area contributed by atoms with Gasteiger partial charge in [0.1, 0.15) is 12.2 Å². The molecule has 2 N–H and O–H groups in total. The summed E-state index contributed by atoms with van der Waals surface area (Å²) in [6.07, 6.45) is 0. The van der Waals surface area contributed by atoms with E-state index in [0.717, 1.165) is 15.8 Å². The van der Waals surface area contributed by atoms with E-state index in [0.29, 0.717) is 10.7 Å². The van der Waals surface area contributed by atoms with Gasteiger partial charge in [-0.2, -0.15) is 0 Å². The topological polar surface area (TPSA) is 73.4 Å². The second kappa shape index (κ2) is 4.70. The molecule has 2 aromatic rings. The SMILES string of the molecule is CN(CC(=O)O)C(=O)c1cc2cc(Cl)ccc2[nH]1. The molecule has 0 unspecified atom stereocenters. The van der Waals surface area contributed by atoms with Crippen molar-refractivity contribution in [1.82, 2.24) is 9.88 Å². The molecule has 0 fully saturated rings. The molecule has 6 heteroatoms. The average molecular weight is 267 g/mol. The molecule has 1 heterocycles. The fraction of sp³-hybridized carbons (Fsp3) is 0.167. The first-order chi connectivity index (χ1) is 8.47. The fourth-order valence-electron chi connectivity index (χ4n) is 1.70. The molecule has 0 bridgehead atoms. The second-order valence-electron chi connectivity index (χ2n) is 3.97. The number of nitrogens with zero attached hydrogens (tertiary/aromatic N) is 1. The van der Waals surface area contributed by atoms with Crippen molar-refractivity contribution in [2.75, 3.05) is 13.6 Å². The van der Waals surface area contributed by atoms with Gasteiger partial charge in [0.15, 0.2) is 0 Å². The van der Waals surface area contributed by atoms with Crippen molar-refractivity contribution in [1.29, 1.82) is 0 Å². The number of aromatic amines is 1. The molecule has 0 atom stereocenters.